The van der Waals surface area contributed by atoms with E-state index >= 15 is 0 Å². The van der Waals surface area contributed by atoms with Crippen LogP contribution in [0.4, 0.5) is 0 Å². The molecule has 0 atom stereocenters. The second-order valence-electron chi connectivity index (χ2n) is 4.92. The second kappa shape index (κ2) is 6.35. The summed E-state index contributed by atoms with van der Waals surface area (Å²) in [5, 5.41) is 10.2. The molecule has 3 rings (SSSR count). The standard InChI is InChI=1S/C18H17N2O/c1-2-3-11-21-18-13-20-19-12-17(18)16-10-6-8-14-7-4-5-9-15(14)16/h4-10,13H,2-3,11H2,1H3. The van der Waals surface area contributed by atoms with Crippen LogP contribution in [0.15, 0.2) is 48.7 Å². The monoisotopic (exact) mass is 277 g/mol. The van der Waals surface area contributed by atoms with Crippen molar-refractivity contribution in [2.75, 3.05) is 6.61 Å². The number of aromatic nitrogens is 2. The molecule has 3 heteroatoms. The van der Waals surface area contributed by atoms with Crippen LogP contribution in [0.1, 0.15) is 19.8 Å². The summed E-state index contributed by atoms with van der Waals surface area (Å²) in [4.78, 5) is 0. The lowest BCUT2D eigenvalue weighted by Crippen LogP contribution is -2.00. The van der Waals surface area contributed by atoms with E-state index in [9.17, 15) is 0 Å². The predicted molar refractivity (Wildman–Crippen MR) is 84.2 cm³/mol. The maximum Gasteiger partial charge on any atom is 0.149 e. The Morgan fingerprint density at radius 1 is 1.10 bits per heavy atom. The summed E-state index contributed by atoms with van der Waals surface area (Å²) in [7, 11) is 0. The summed E-state index contributed by atoms with van der Waals surface area (Å²) < 4.78 is 5.85. The Morgan fingerprint density at radius 2 is 1.95 bits per heavy atom. The molecule has 0 aliphatic carbocycles. The molecule has 0 unspecified atom stereocenters. The van der Waals surface area contributed by atoms with Gasteiger partial charge in [-0.05, 0) is 22.8 Å². The number of unbranched alkanes of at least 4 members (excludes halogenated alkanes) is 1. The Kier molecular flexibility index (Phi) is 4.10. The lowest BCUT2D eigenvalue weighted by Gasteiger charge is -2.11. The third kappa shape index (κ3) is 2.87. The van der Waals surface area contributed by atoms with Crippen molar-refractivity contribution < 1.29 is 4.74 Å². The maximum absolute atomic E-state index is 5.85. The number of ether oxygens (including phenoxy) is 1. The molecule has 0 N–H and O–H groups in total. The van der Waals surface area contributed by atoms with Crippen LogP contribution < -0.4 is 4.74 Å². The third-order valence-electron chi connectivity index (χ3n) is 3.46. The van der Waals surface area contributed by atoms with Crippen LogP contribution in [-0.4, -0.2) is 16.8 Å². The van der Waals surface area contributed by atoms with E-state index in [1.807, 2.05) is 18.2 Å². The lowest BCUT2D eigenvalue weighted by atomic mass is 9.99. The van der Waals surface area contributed by atoms with E-state index in [1.54, 1.807) is 6.20 Å². The van der Waals surface area contributed by atoms with Gasteiger partial charge in [0, 0.05) is 0 Å². The van der Waals surface area contributed by atoms with Gasteiger partial charge in [0.2, 0.25) is 0 Å². The highest BCUT2D eigenvalue weighted by molar-refractivity contribution is 5.97. The molecule has 0 bridgehead atoms. The van der Waals surface area contributed by atoms with Crippen molar-refractivity contribution in [1.82, 2.24) is 10.2 Å². The Balaban J connectivity index is 2.06. The molecule has 105 valence electrons. The highest BCUT2D eigenvalue weighted by Gasteiger charge is 2.10. The van der Waals surface area contributed by atoms with Crippen LogP contribution in [0.3, 0.4) is 0 Å². The maximum atomic E-state index is 5.85. The van der Waals surface area contributed by atoms with Crippen molar-refractivity contribution in [2.45, 2.75) is 19.8 Å². The van der Waals surface area contributed by atoms with Crippen molar-refractivity contribution in [3.05, 3.63) is 54.9 Å². The van der Waals surface area contributed by atoms with Gasteiger partial charge in [0.05, 0.1) is 18.4 Å². The average Bonchev–Trinajstić information content (AvgIpc) is 2.55. The van der Waals surface area contributed by atoms with E-state index in [-0.39, 0.29) is 0 Å². The van der Waals surface area contributed by atoms with Gasteiger partial charge in [-0.2, -0.15) is 5.10 Å². The number of fused-ring (bicyclic) bond motifs is 1. The number of rotatable bonds is 5. The zero-order chi connectivity index (χ0) is 14.5. The normalized spacial score (nSPS) is 10.7. The quantitative estimate of drug-likeness (QED) is 0.653. The zero-order valence-corrected chi connectivity index (χ0v) is 12.0. The number of hydrogen-bond donors (Lipinski definition) is 0. The number of nitrogens with zero attached hydrogens (tertiary/aromatic N) is 2. The molecule has 0 saturated heterocycles. The summed E-state index contributed by atoms with van der Waals surface area (Å²) in [5.74, 6) is 0.745. The summed E-state index contributed by atoms with van der Waals surface area (Å²) in [6.45, 7) is 2.83. The molecule has 0 fully saturated rings. The smallest absolute Gasteiger partial charge is 0.149 e. The van der Waals surface area contributed by atoms with Gasteiger partial charge in [-0.15, -0.1) is 5.10 Å². The van der Waals surface area contributed by atoms with Gasteiger partial charge in [-0.3, -0.25) is 0 Å². The predicted octanol–water partition coefficient (Wildman–Crippen LogP) is 4.28. The summed E-state index contributed by atoms with van der Waals surface area (Å²) >= 11 is 0. The first kappa shape index (κ1) is 13.6. The van der Waals surface area contributed by atoms with E-state index in [0.29, 0.717) is 6.61 Å². The minimum absolute atomic E-state index is 0.688. The first-order valence-electron chi connectivity index (χ1n) is 7.24. The van der Waals surface area contributed by atoms with Crippen molar-refractivity contribution in [3.8, 4) is 16.9 Å². The van der Waals surface area contributed by atoms with Crippen molar-refractivity contribution >= 4 is 10.8 Å². The second-order valence-corrected chi connectivity index (χ2v) is 4.92. The molecule has 21 heavy (non-hydrogen) atoms. The molecule has 1 heterocycles. The van der Waals surface area contributed by atoms with Gasteiger partial charge in [0.15, 0.2) is 0 Å². The fourth-order valence-electron chi connectivity index (χ4n) is 2.35. The molecule has 0 aliphatic rings. The first-order valence-corrected chi connectivity index (χ1v) is 7.24. The van der Waals surface area contributed by atoms with E-state index in [4.69, 9.17) is 4.74 Å². The molecule has 1 radical (unpaired) electrons. The molecule has 0 aliphatic heterocycles. The molecular weight excluding hydrogens is 260 g/mol. The largest absolute Gasteiger partial charge is 0.491 e. The minimum Gasteiger partial charge on any atom is -0.491 e. The molecular formula is C18H17N2O. The molecule has 0 amide bonds. The Labute approximate surface area is 124 Å². The Bertz CT molecular complexity index is 735. The summed E-state index contributed by atoms with van der Waals surface area (Å²) in [6, 6.07) is 14.5. The van der Waals surface area contributed by atoms with Crippen molar-refractivity contribution in [1.29, 1.82) is 0 Å². The van der Waals surface area contributed by atoms with Gasteiger partial charge >= 0.3 is 0 Å². The van der Waals surface area contributed by atoms with E-state index in [1.165, 1.54) is 10.8 Å². The average molecular weight is 277 g/mol. The topological polar surface area (TPSA) is 35.0 Å². The molecule has 0 saturated carbocycles. The van der Waals surface area contributed by atoms with E-state index < -0.39 is 0 Å². The molecule has 2 aromatic carbocycles. The van der Waals surface area contributed by atoms with Gasteiger partial charge in [0.1, 0.15) is 11.9 Å². The summed E-state index contributed by atoms with van der Waals surface area (Å²) in [5.41, 5.74) is 1.95. The van der Waals surface area contributed by atoms with Gasteiger partial charge in [0.25, 0.3) is 0 Å². The minimum atomic E-state index is 0.688. The van der Waals surface area contributed by atoms with E-state index in [0.717, 1.165) is 29.7 Å². The van der Waals surface area contributed by atoms with Crippen LogP contribution >= 0.6 is 0 Å². The van der Waals surface area contributed by atoms with E-state index in [2.05, 4.69) is 47.6 Å². The van der Waals surface area contributed by atoms with Gasteiger partial charge < -0.3 is 4.74 Å². The zero-order valence-electron chi connectivity index (χ0n) is 12.0. The fraction of sp³-hybridized carbons (Fsp3) is 0.222. The highest BCUT2D eigenvalue weighted by Crippen LogP contribution is 2.33. The number of benzene rings is 2. The molecule has 3 nitrogen and oxygen atoms in total. The first-order chi connectivity index (χ1) is 10.4. The van der Waals surface area contributed by atoms with Gasteiger partial charge in [-0.1, -0.05) is 55.8 Å². The Morgan fingerprint density at radius 3 is 2.86 bits per heavy atom. The van der Waals surface area contributed by atoms with Crippen molar-refractivity contribution in [3.63, 3.8) is 0 Å². The van der Waals surface area contributed by atoms with Crippen LogP contribution in [0.5, 0.6) is 5.75 Å². The molecule has 3 aromatic rings. The fourth-order valence-corrected chi connectivity index (χ4v) is 2.35. The highest BCUT2D eigenvalue weighted by atomic mass is 16.5. The molecule has 1 aromatic heterocycles. The van der Waals surface area contributed by atoms with Crippen LogP contribution in [0.25, 0.3) is 21.9 Å². The van der Waals surface area contributed by atoms with Crippen LogP contribution in [-0.2, 0) is 0 Å². The van der Waals surface area contributed by atoms with Gasteiger partial charge in [-0.25, -0.2) is 0 Å². The lowest BCUT2D eigenvalue weighted by molar-refractivity contribution is 0.308. The Hall–Kier alpha value is -2.42. The van der Waals surface area contributed by atoms with Crippen LogP contribution in [0, 0.1) is 6.20 Å². The third-order valence-corrected chi connectivity index (χ3v) is 3.46. The summed E-state index contributed by atoms with van der Waals surface area (Å²) in [6.07, 6.45) is 6.78. The molecule has 0 spiro atoms. The van der Waals surface area contributed by atoms with Crippen LogP contribution in [0.2, 0.25) is 0 Å². The number of hydrogen-bond acceptors (Lipinski definition) is 3. The SMILES string of the molecule is CCCCOc1cnn[c]c1-c1cccc2ccccc12. The van der Waals surface area contributed by atoms with Crippen molar-refractivity contribution in [2.24, 2.45) is 0 Å².